The topological polar surface area (TPSA) is 0 Å². The summed E-state index contributed by atoms with van der Waals surface area (Å²) in [6.45, 7) is 12.5. The molecule has 0 aliphatic carbocycles. The van der Waals surface area contributed by atoms with Gasteiger partial charge >= 0.3 is 0 Å². The minimum absolute atomic E-state index is 0. The number of rotatable bonds is 14. The molecule has 1 nitrogen and oxygen atoms in total. The molecular formula is C17H37Cl2N. The molecule has 0 aliphatic heterocycles. The molecule has 0 aromatic heterocycles. The quantitative estimate of drug-likeness (QED) is 0.261. The molecule has 0 saturated heterocycles. The highest BCUT2D eigenvalue weighted by Gasteiger charge is 2.25. The Bertz CT molecular complexity index is 166. The lowest BCUT2D eigenvalue weighted by Gasteiger charge is -2.39. The summed E-state index contributed by atoms with van der Waals surface area (Å²) >= 11 is 5.86. The Morgan fingerprint density at radius 2 is 1.00 bits per heavy atom. The van der Waals surface area contributed by atoms with Crippen LogP contribution >= 0.6 is 11.6 Å². The summed E-state index contributed by atoms with van der Waals surface area (Å²) in [6.07, 6.45) is 12.1. The Labute approximate surface area is 139 Å². The van der Waals surface area contributed by atoms with E-state index in [2.05, 4.69) is 20.8 Å². The molecule has 124 valence electrons. The second kappa shape index (κ2) is 15.9. The van der Waals surface area contributed by atoms with Crippen LogP contribution in [0.1, 0.15) is 78.6 Å². The van der Waals surface area contributed by atoms with Gasteiger partial charge in [0.2, 0.25) is 0 Å². The summed E-state index contributed by atoms with van der Waals surface area (Å²) < 4.78 is 1.37. The van der Waals surface area contributed by atoms with E-state index in [4.69, 9.17) is 11.6 Å². The van der Waals surface area contributed by atoms with Gasteiger partial charge in [-0.05, 0) is 38.5 Å². The summed E-state index contributed by atoms with van der Waals surface area (Å²) in [5.74, 6) is 0.830. The SMILES string of the molecule is CCCCC[N+](CCCC)(CCCC)CCCCCl.[Cl-]. The summed E-state index contributed by atoms with van der Waals surface area (Å²) in [4.78, 5) is 0. The van der Waals surface area contributed by atoms with Crippen molar-refractivity contribution in [3.8, 4) is 0 Å². The fourth-order valence-corrected chi connectivity index (χ4v) is 3.09. The van der Waals surface area contributed by atoms with E-state index in [-0.39, 0.29) is 12.4 Å². The molecule has 0 fully saturated rings. The monoisotopic (exact) mass is 325 g/mol. The van der Waals surface area contributed by atoms with E-state index >= 15 is 0 Å². The van der Waals surface area contributed by atoms with Crippen LogP contribution in [0.3, 0.4) is 0 Å². The maximum Gasteiger partial charge on any atom is 0.0787 e. The number of halogens is 2. The molecule has 0 radical (unpaired) electrons. The number of unbranched alkanes of at least 4 members (excludes halogenated alkanes) is 5. The molecule has 0 atom stereocenters. The zero-order chi connectivity index (χ0) is 14.4. The van der Waals surface area contributed by atoms with E-state index in [1.165, 1.54) is 88.4 Å². The zero-order valence-electron chi connectivity index (χ0n) is 14.1. The molecule has 0 unspecified atom stereocenters. The van der Waals surface area contributed by atoms with Gasteiger partial charge in [-0.1, -0.05) is 40.0 Å². The maximum absolute atomic E-state index is 5.86. The summed E-state index contributed by atoms with van der Waals surface area (Å²) in [6, 6.07) is 0. The van der Waals surface area contributed by atoms with Crippen LogP contribution in [0.4, 0.5) is 0 Å². The largest absolute Gasteiger partial charge is 1.00 e. The van der Waals surface area contributed by atoms with E-state index in [0.29, 0.717) is 0 Å². The van der Waals surface area contributed by atoms with Gasteiger partial charge in [-0.2, -0.15) is 0 Å². The minimum Gasteiger partial charge on any atom is -1.00 e. The van der Waals surface area contributed by atoms with Crippen LogP contribution in [0.25, 0.3) is 0 Å². The van der Waals surface area contributed by atoms with Crippen LogP contribution in [0.15, 0.2) is 0 Å². The molecule has 0 rings (SSSR count). The molecule has 0 aromatic rings. The van der Waals surface area contributed by atoms with Crippen molar-refractivity contribution in [2.75, 3.05) is 32.1 Å². The molecule has 0 bridgehead atoms. The van der Waals surface area contributed by atoms with Crippen LogP contribution in [0.2, 0.25) is 0 Å². The van der Waals surface area contributed by atoms with Crippen molar-refractivity contribution in [1.82, 2.24) is 0 Å². The van der Waals surface area contributed by atoms with Gasteiger partial charge in [0.25, 0.3) is 0 Å². The zero-order valence-corrected chi connectivity index (χ0v) is 15.6. The molecule has 0 heterocycles. The Morgan fingerprint density at radius 3 is 1.40 bits per heavy atom. The normalized spacial score (nSPS) is 11.4. The van der Waals surface area contributed by atoms with Crippen molar-refractivity contribution < 1.29 is 16.9 Å². The molecule has 3 heteroatoms. The van der Waals surface area contributed by atoms with Crippen molar-refractivity contribution >= 4 is 11.6 Å². The number of nitrogens with zero attached hydrogens (tertiary/aromatic N) is 1. The van der Waals surface area contributed by atoms with Gasteiger partial charge < -0.3 is 16.9 Å². The van der Waals surface area contributed by atoms with E-state index in [1.54, 1.807) is 0 Å². The van der Waals surface area contributed by atoms with Crippen LogP contribution in [-0.4, -0.2) is 36.5 Å². The molecule has 20 heavy (non-hydrogen) atoms. The van der Waals surface area contributed by atoms with Gasteiger partial charge in [-0.25, -0.2) is 0 Å². The van der Waals surface area contributed by atoms with Gasteiger partial charge in [-0.15, -0.1) is 11.6 Å². The minimum atomic E-state index is 0. The molecular weight excluding hydrogens is 289 g/mol. The number of quaternary nitrogens is 1. The first-order valence-electron chi connectivity index (χ1n) is 8.65. The van der Waals surface area contributed by atoms with Crippen molar-refractivity contribution in [3.63, 3.8) is 0 Å². The Balaban J connectivity index is 0. The third-order valence-electron chi connectivity index (χ3n) is 4.22. The van der Waals surface area contributed by atoms with E-state index in [1.807, 2.05) is 0 Å². The number of alkyl halides is 1. The lowest BCUT2D eigenvalue weighted by Crippen LogP contribution is -3.00. The molecule has 0 amide bonds. The van der Waals surface area contributed by atoms with Gasteiger partial charge in [0.05, 0.1) is 26.2 Å². The summed E-state index contributed by atoms with van der Waals surface area (Å²) in [7, 11) is 0. The van der Waals surface area contributed by atoms with Crippen molar-refractivity contribution in [1.29, 1.82) is 0 Å². The maximum atomic E-state index is 5.86. The molecule has 0 saturated carbocycles. The van der Waals surface area contributed by atoms with Gasteiger partial charge in [0, 0.05) is 5.88 Å². The Kier molecular flexibility index (Phi) is 18.2. The highest BCUT2D eigenvalue weighted by atomic mass is 35.5. The van der Waals surface area contributed by atoms with Gasteiger partial charge in [0.15, 0.2) is 0 Å². The van der Waals surface area contributed by atoms with E-state index in [9.17, 15) is 0 Å². The summed E-state index contributed by atoms with van der Waals surface area (Å²) in [5, 5.41) is 0. The lowest BCUT2D eigenvalue weighted by molar-refractivity contribution is -0.929. The van der Waals surface area contributed by atoms with E-state index in [0.717, 1.165) is 5.88 Å². The molecule has 0 aromatic carbocycles. The second-order valence-corrected chi connectivity index (χ2v) is 6.42. The first-order chi connectivity index (χ1) is 9.24. The molecule has 0 N–H and O–H groups in total. The van der Waals surface area contributed by atoms with E-state index < -0.39 is 0 Å². The van der Waals surface area contributed by atoms with Gasteiger partial charge in [-0.3, -0.25) is 0 Å². The third-order valence-corrected chi connectivity index (χ3v) is 4.49. The van der Waals surface area contributed by atoms with Crippen LogP contribution in [0, 0.1) is 0 Å². The van der Waals surface area contributed by atoms with Crippen LogP contribution in [-0.2, 0) is 0 Å². The first-order valence-corrected chi connectivity index (χ1v) is 9.19. The smallest absolute Gasteiger partial charge is 0.0787 e. The average Bonchev–Trinajstić information content (AvgIpc) is 2.43. The highest BCUT2D eigenvalue weighted by molar-refractivity contribution is 6.17. The number of hydrogen-bond donors (Lipinski definition) is 0. The highest BCUT2D eigenvalue weighted by Crippen LogP contribution is 2.17. The van der Waals surface area contributed by atoms with Crippen LogP contribution < -0.4 is 12.4 Å². The van der Waals surface area contributed by atoms with Gasteiger partial charge in [0.1, 0.15) is 0 Å². The average molecular weight is 326 g/mol. The molecule has 0 aliphatic rings. The predicted octanol–water partition coefficient (Wildman–Crippen LogP) is 2.62. The number of hydrogen-bond acceptors (Lipinski definition) is 0. The third kappa shape index (κ3) is 11.2. The van der Waals surface area contributed by atoms with Crippen molar-refractivity contribution in [3.05, 3.63) is 0 Å². The van der Waals surface area contributed by atoms with Crippen molar-refractivity contribution in [2.24, 2.45) is 0 Å². The fraction of sp³-hybridized carbons (Fsp3) is 1.00. The van der Waals surface area contributed by atoms with Crippen molar-refractivity contribution in [2.45, 2.75) is 78.6 Å². The standard InChI is InChI=1S/C17H37ClN.ClH/c1-4-7-11-16-19(14-8-5-2,15-9-6-3)17-12-10-13-18;/h4-17H2,1-3H3;1H/q+1;/p-1. The Morgan fingerprint density at radius 1 is 0.600 bits per heavy atom. The Hall–Kier alpha value is 0.540. The lowest BCUT2D eigenvalue weighted by atomic mass is 10.1. The second-order valence-electron chi connectivity index (χ2n) is 6.05. The fourth-order valence-electron chi connectivity index (χ4n) is 2.90. The first kappa shape index (κ1) is 22.8. The van der Waals surface area contributed by atoms with Crippen LogP contribution in [0.5, 0.6) is 0 Å². The molecule has 0 spiro atoms. The predicted molar refractivity (Wildman–Crippen MR) is 89.0 cm³/mol. The summed E-state index contributed by atoms with van der Waals surface area (Å²) in [5.41, 5.74) is 0.